The van der Waals surface area contributed by atoms with Gasteiger partial charge in [-0.1, -0.05) is 6.42 Å². The van der Waals surface area contributed by atoms with Crippen LogP contribution in [0.15, 0.2) is 18.2 Å². The maximum atomic E-state index is 13.1. The second kappa shape index (κ2) is 14.2. The third-order valence-corrected chi connectivity index (χ3v) is 5.70. The molecule has 210 valence electrons. The van der Waals surface area contributed by atoms with Gasteiger partial charge >= 0.3 is 18.0 Å². The van der Waals surface area contributed by atoms with Gasteiger partial charge in [-0.25, -0.2) is 9.59 Å². The van der Waals surface area contributed by atoms with Crippen molar-refractivity contribution in [1.29, 1.82) is 0 Å². The molecule has 0 bridgehead atoms. The van der Waals surface area contributed by atoms with E-state index in [0.717, 1.165) is 6.42 Å². The molecule has 0 saturated heterocycles. The predicted molar refractivity (Wildman–Crippen MR) is 139 cm³/mol. The zero-order valence-electron chi connectivity index (χ0n) is 22.4. The van der Waals surface area contributed by atoms with Crippen LogP contribution in [-0.2, 0) is 30.4 Å². The summed E-state index contributed by atoms with van der Waals surface area (Å²) >= 11 is 0. The number of ether oxygens (including phenoxy) is 2. The van der Waals surface area contributed by atoms with Gasteiger partial charge in [-0.3, -0.25) is 14.4 Å². The standard InChI is InChI=1S/C26H38N4O8/c1-26(2,3)38-25(36)28-11-7-5-6-8-21(31)27-12-13-30-16-18-14-17(24(34)35)9-10-19(18)29-20(23(30)33)15-22(32)37-4/h9-10,14,20,29H,5-8,11-13,15-16H2,1-4H3,(H,27,31)(H,28,36)(H,34,35)/t20-/m0/s1. The lowest BCUT2D eigenvalue weighted by Gasteiger charge is -2.24. The van der Waals surface area contributed by atoms with Crippen LogP contribution in [-0.4, -0.2) is 78.2 Å². The summed E-state index contributed by atoms with van der Waals surface area (Å²) in [4.78, 5) is 61.8. The van der Waals surface area contributed by atoms with Crippen molar-refractivity contribution >= 4 is 35.5 Å². The number of anilines is 1. The first-order valence-corrected chi connectivity index (χ1v) is 12.6. The number of benzene rings is 1. The Balaban J connectivity index is 1.83. The Bertz CT molecular complexity index is 1020. The molecule has 12 nitrogen and oxygen atoms in total. The summed E-state index contributed by atoms with van der Waals surface area (Å²) in [7, 11) is 1.24. The highest BCUT2D eigenvalue weighted by Gasteiger charge is 2.31. The summed E-state index contributed by atoms with van der Waals surface area (Å²) in [5.74, 6) is -2.16. The number of nitrogens with zero attached hydrogens (tertiary/aromatic N) is 1. The smallest absolute Gasteiger partial charge is 0.407 e. The number of methoxy groups -OCH3 is 1. The highest BCUT2D eigenvalue weighted by atomic mass is 16.6. The Labute approximate surface area is 222 Å². The highest BCUT2D eigenvalue weighted by Crippen LogP contribution is 2.25. The van der Waals surface area contributed by atoms with E-state index in [1.165, 1.54) is 24.1 Å². The monoisotopic (exact) mass is 534 g/mol. The van der Waals surface area contributed by atoms with Crippen LogP contribution in [0.25, 0.3) is 0 Å². The first-order valence-electron chi connectivity index (χ1n) is 12.6. The number of nitrogens with one attached hydrogen (secondary N) is 3. The fourth-order valence-electron chi connectivity index (χ4n) is 3.84. The first kappa shape index (κ1) is 30.4. The number of aromatic carboxylic acids is 1. The van der Waals surface area contributed by atoms with Gasteiger partial charge in [0.2, 0.25) is 11.8 Å². The molecule has 38 heavy (non-hydrogen) atoms. The number of esters is 1. The molecule has 3 amide bonds. The number of carboxylic acid groups (broad SMARTS) is 1. The van der Waals surface area contributed by atoms with Gasteiger partial charge in [0.05, 0.1) is 19.1 Å². The molecule has 1 atom stereocenters. The molecule has 1 aliphatic heterocycles. The Morgan fingerprint density at radius 3 is 2.50 bits per heavy atom. The van der Waals surface area contributed by atoms with E-state index in [9.17, 15) is 29.1 Å². The van der Waals surface area contributed by atoms with Gasteiger partial charge in [0.15, 0.2) is 0 Å². The van der Waals surface area contributed by atoms with Crippen molar-refractivity contribution in [2.75, 3.05) is 32.1 Å². The summed E-state index contributed by atoms with van der Waals surface area (Å²) in [6.45, 7) is 6.34. The maximum absolute atomic E-state index is 13.1. The van der Waals surface area contributed by atoms with Gasteiger partial charge in [-0.2, -0.15) is 0 Å². The Kier molecular flexibility index (Phi) is 11.4. The molecule has 0 radical (unpaired) electrons. The van der Waals surface area contributed by atoms with Crippen molar-refractivity contribution in [1.82, 2.24) is 15.5 Å². The first-order chi connectivity index (χ1) is 17.9. The van der Waals surface area contributed by atoms with E-state index in [0.29, 0.717) is 37.1 Å². The lowest BCUT2D eigenvalue weighted by molar-refractivity contribution is -0.144. The average molecular weight is 535 g/mol. The molecule has 0 unspecified atom stereocenters. The second-order valence-corrected chi connectivity index (χ2v) is 10.0. The molecule has 1 heterocycles. The van der Waals surface area contributed by atoms with Crippen LogP contribution in [0.3, 0.4) is 0 Å². The number of carbonyl (C=O) groups excluding carboxylic acids is 4. The van der Waals surface area contributed by atoms with Crippen LogP contribution < -0.4 is 16.0 Å². The quantitative estimate of drug-likeness (QED) is 0.233. The molecule has 1 aromatic carbocycles. The summed E-state index contributed by atoms with van der Waals surface area (Å²) in [5.41, 5.74) is 0.685. The van der Waals surface area contributed by atoms with Crippen LogP contribution in [0.1, 0.15) is 68.8 Å². The molecule has 2 rings (SSSR count). The number of amides is 3. The van der Waals surface area contributed by atoms with E-state index in [-0.39, 0.29) is 43.4 Å². The number of unbranched alkanes of at least 4 members (excludes halogenated alkanes) is 2. The Morgan fingerprint density at radius 2 is 1.84 bits per heavy atom. The summed E-state index contributed by atoms with van der Waals surface area (Å²) in [6, 6.07) is 3.60. The molecular weight excluding hydrogens is 496 g/mol. The fraction of sp³-hybridized carbons (Fsp3) is 0.577. The van der Waals surface area contributed by atoms with E-state index in [2.05, 4.69) is 16.0 Å². The van der Waals surface area contributed by atoms with Gasteiger partial charge in [-0.05, 0) is 57.4 Å². The summed E-state index contributed by atoms with van der Waals surface area (Å²) in [5, 5.41) is 17.8. The maximum Gasteiger partial charge on any atom is 0.407 e. The lowest BCUT2D eigenvalue weighted by atomic mass is 10.1. The molecule has 0 fully saturated rings. The second-order valence-electron chi connectivity index (χ2n) is 10.0. The van der Waals surface area contributed by atoms with Crippen molar-refractivity contribution in [2.24, 2.45) is 0 Å². The van der Waals surface area contributed by atoms with Crippen molar-refractivity contribution in [3.63, 3.8) is 0 Å². The lowest BCUT2D eigenvalue weighted by Crippen LogP contribution is -2.44. The number of hydrogen-bond acceptors (Lipinski definition) is 8. The third kappa shape index (κ3) is 10.3. The van der Waals surface area contributed by atoms with Gasteiger partial charge in [0.1, 0.15) is 11.6 Å². The SMILES string of the molecule is COC(=O)C[C@@H]1Nc2ccc(C(=O)O)cc2CN(CCNC(=O)CCCCCNC(=O)OC(C)(C)C)C1=O. The van der Waals surface area contributed by atoms with Gasteiger partial charge in [-0.15, -0.1) is 0 Å². The molecular formula is C26H38N4O8. The van der Waals surface area contributed by atoms with E-state index in [4.69, 9.17) is 9.47 Å². The number of carbonyl (C=O) groups is 5. The molecule has 12 heteroatoms. The van der Waals surface area contributed by atoms with Crippen molar-refractivity contribution < 1.29 is 38.6 Å². The Hall–Kier alpha value is -3.83. The minimum absolute atomic E-state index is 0.0824. The minimum Gasteiger partial charge on any atom is -0.478 e. The largest absolute Gasteiger partial charge is 0.478 e. The van der Waals surface area contributed by atoms with Crippen LogP contribution in [0, 0.1) is 0 Å². The Morgan fingerprint density at radius 1 is 1.11 bits per heavy atom. The molecule has 0 spiro atoms. The zero-order valence-corrected chi connectivity index (χ0v) is 22.4. The number of alkyl carbamates (subject to hydrolysis) is 1. The highest BCUT2D eigenvalue weighted by molar-refractivity contribution is 5.92. The number of rotatable bonds is 12. The topological polar surface area (TPSA) is 163 Å². The summed E-state index contributed by atoms with van der Waals surface area (Å²) in [6.07, 6.45) is 1.74. The van der Waals surface area contributed by atoms with Crippen molar-refractivity contribution in [2.45, 2.75) is 71.1 Å². The third-order valence-electron chi connectivity index (χ3n) is 5.70. The number of fused-ring (bicyclic) bond motifs is 1. The molecule has 4 N–H and O–H groups in total. The minimum atomic E-state index is -1.09. The number of carboxylic acids is 1. The molecule has 0 aliphatic carbocycles. The zero-order chi connectivity index (χ0) is 28.3. The van der Waals surface area contributed by atoms with E-state index in [1.54, 1.807) is 26.8 Å². The van der Waals surface area contributed by atoms with Crippen LogP contribution in [0.2, 0.25) is 0 Å². The fourth-order valence-corrected chi connectivity index (χ4v) is 3.84. The van der Waals surface area contributed by atoms with Crippen molar-refractivity contribution in [3.8, 4) is 0 Å². The molecule has 0 saturated carbocycles. The van der Waals surface area contributed by atoms with Crippen LogP contribution >= 0.6 is 0 Å². The van der Waals surface area contributed by atoms with Gasteiger partial charge in [0.25, 0.3) is 0 Å². The number of hydrogen-bond donors (Lipinski definition) is 4. The van der Waals surface area contributed by atoms with Gasteiger partial charge in [0, 0.05) is 38.3 Å². The molecule has 1 aromatic rings. The molecule has 1 aliphatic rings. The normalized spacial score (nSPS) is 15.0. The van der Waals surface area contributed by atoms with E-state index in [1.807, 2.05) is 0 Å². The molecule has 0 aromatic heterocycles. The van der Waals surface area contributed by atoms with Crippen LogP contribution in [0.5, 0.6) is 0 Å². The van der Waals surface area contributed by atoms with Gasteiger partial charge < -0.3 is 35.4 Å². The average Bonchev–Trinajstić information content (AvgIpc) is 2.96. The van der Waals surface area contributed by atoms with E-state index < -0.39 is 29.7 Å². The van der Waals surface area contributed by atoms with Crippen LogP contribution in [0.4, 0.5) is 10.5 Å². The predicted octanol–water partition coefficient (Wildman–Crippen LogP) is 2.27. The van der Waals surface area contributed by atoms with E-state index >= 15 is 0 Å². The summed E-state index contributed by atoms with van der Waals surface area (Å²) < 4.78 is 9.87. The van der Waals surface area contributed by atoms with Crippen molar-refractivity contribution in [3.05, 3.63) is 29.3 Å².